The quantitative estimate of drug-likeness (QED) is 0.519. The highest BCUT2D eigenvalue weighted by Gasteiger charge is 2.60. The molecular weight excluding hydrogens is 389 g/mol. The third-order valence-corrected chi connectivity index (χ3v) is 6.34. The van der Waals surface area contributed by atoms with Gasteiger partial charge in [-0.05, 0) is 49.6 Å². The van der Waals surface area contributed by atoms with Gasteiger partial charge in [-0.15, -0.1) is 0 Å². The topological polar surface area (TPSA) is 29.1 Å². The molecule has 3 aromatic rings. The van der Waals surface area contributed by atoms with E-state index in [4.69, 9.17) is 23.2 Å². The van der Waals surface area contributed by atoms with Crippen LogP contribution in [-0.4, -0.2) is 5.91 Å². The lowest BCUT2D eigenvalue weighted by atomic mass is 9.85. The van der Waals surface area contributed by atoms with Crippen molar-refractivity contribution in [1.82, 2.24) is 0 Å². The fourth-order valence-corrected chi connectivity index (χ4v) is 4.19. The summed E-state index contributed by atoms with van der Waals surface area (Å²) in [7, 11) is 0. The molecule has 0 aliphatic heterocycles. The predicted octanol–water partition coefficient (Wildman–Crippen LogP) is 6.55. The molecule has 0 bridgehead atoms. The SMILES string of the molecule is Cc1ccc(C2(c3ccc(C)cc3)CC2C(=O)Nc2ccc(Cl)c(Cl)c2)cc1. The maximum Gasteiger partial charge on any atom is 0.228 e. The summed E-state index contributed by atoms with van der Waals surface area (Å²) in [5, 5.41) is 3.91. The van der Waals surface area contributed by atoms with Crippen LogP contribution >= 0.6 is 23.2 Å². The normalized spacial score (nSPS) is 17.2. The van der Waals surface area contributed by atoms with E-state index in [2.05, 4.69) is 67.7 Å². The van der Waals surface area contributed by atoms with Crippen LogP contribution in [0.15, 0.2) is 66.7 Å². The fraction of sp³-hybridized carbons (Fsp3) is 0.208. The number of nitrogens with one attached hydrogen (secondary N) is 1. The van der Waals surface area contributed by atoms with Gasteiger partial charge in [-0.1, -0.05) is 82.9 Å². The summed E-state index contributed by atoms with van der Waals surface area (Å²) in [6.07, 6.45) is 0.784. The molecule has 0 spiro atoms. The van der Waals surface area contributed by atoms with E-state index in [0.717, 1.165) is 6.42 Å². The van der Waals surface area contributed by atoms with Crippen molar-refractivity contribution in [2.75, 3.05) is 5.32 Å². The predicted molar refractivity (Wildman–Crippen MR) is 116 cm³/mol. The summed E-state index contributed by atoms with van der Waals surface area (Å²) >= 11 is 12.1. The number of anilines is 1. The van der Waals surface area contributed by atoms with Crippen LogP contribution in [-0.2, 0) is 10.2 Å². The highest BCUT2D eigenvalue weighted by atomic mass is 35.5. The lowest BCUT2D eigenvalue weighted by Crippen LogP contribution is -2.22. The van der Waals surface area contributed by atoms with Gasteiger partial charge in [0.2, 0.25) is 5.91 Å². The Balaban J connectivity index is 1.66. The standard InChI is InChI=1S/C24H21Cl2NO/c1-15-3-7-17(8-4-15)24(18-9-5-16(2)6-10-18)14-20(24)23(28)27-19-11-12-21(25)22(26)13-19/h3-13,20H,14H2,1-2H3,(H,27,28). The number of hydrogen-bond donors (Lipinski definition) is 1. The van der Waals surface area contributed by atoms with E-state index in [0.29, 0.717) is 15.7 Å². The Hall–Kier alpha value is -2.29. The third kappa shape index (κ3) is 3.43. The van der Waals surface area contributed by atoms with Crippen molar-refractivity contribution in [3.63, 3.8) is 0 Å². The van der Waals surface area contributed by atoms with Crippen molar-refractivity contribution in [1.29, 1.82) is 0 Å². The first-order valence-corrected chi connectivity index (χ1v) is 10.1. The molecule has 142 valence electrons. The van der Waals surface area contributed by atoms with Crippen LogP contribution in [0.3, 0.4) is 0 Å². The van der Waals surface area contributed by atoms with Gasteiger partial charge >= 0.3 is 0 Å². The Morgan fingerprint density at radius 3 is 1.89 bits per heavy atom. The van der Waals surface area contributed by atoms with Crippen molar-refractivity contribution >= 4 is 34.8 Å². The van der Waals surface area contributed by atoms with E-state index < -0.39 is 0 Å². The van der Waals surface area contributed by atoms with Gasteiger partial charge in [0.05, 0.1) is 16.0 Å². The van der Waals surface area contributed by atoms with Gasteiger partial charge in [0, 0.05) is 11.1 Å². The first kappa shape index (κ1) is 19.0. The summed E-state index contributed by atoms with van der Waals surface area (Å²) in [4.78, 5) is 13.1. The van der Waals surface area contributed by atoms with Crippen LogP contribution in [0.5, 0.6) is 0 Å². The van der Waals surface area contributed by atoms with Crippen LogP contribution in [0.25, 0.3) is 0 Å². The molecule has 1 N–H and O–H groups in total. The maximum atomic E-state index is 13.1. The first-order valence-electron chi connectivity index (χ1n) is 9.30. The average Bonchev–Trinajstić information content (AvgIpc) is 3.43. The number of benzene rings is 3. The number of hydrogen-bond acceptors (Lipinski definition) is 1. The molecule has 0 radical (unpaired) electrons. The molecule has 1 amide bonds. The second kappa shape index (κ2) is 7.27. The molecule has 2 nitrogen and oxygen atoms in total. The highest BCUT2D eigenvalue weighted by Crippen LogP contribution is 2.59. The molecule has 1 aliphatic rings. The van der Waals surface area contributed by atoms with Gasteiger partial charge in [0.15, 0.2) is 0 Å². The van der Waals surface area contributed by atoms with Crippen molar-refractivity contribution in [2.45, 2.75) is 25.7 Å². The number of rotatable bonds is 4. The minimum absolute atomic E-state index is 0.000427. The fourth-order valence-electron chi connectivity index (χ4n) is 3.89. The third-order valence-electron chi connectivity index (χ3n) is 5.60. The lowest BCUT2D eigenvalue weighted by molar-refractivity contribution is -0.117. The van der Waals surface area contributed by atoms with E-state index in [9.17, 15) is 4.79 Å². The zero-order valence-corrected chi connectivity index (χ0v) is 17.3. The second-order valence-electron chi connectivity index (χ2n) is 7.58. The van der Waals surface area contributed by atoms with Gasteiger partial charge in [-0.2, -0.15) is 0 Å². The number of carbonyl (C=O) groups excluding carboxylic acids is 1. The van der Waals surface area contributed by atoms with Gasteiger partial charge in [-0.25, -0.2) is 0 Å². The van der Waals surface area contributed by atoms with E-state index in [1.807, 2.05) is 0 Å². The van der Waals surface area contributed by atoms with Crippen LogP contribution in [0.4, 0.5) is 5.69 Å². The molecule has 1 unspecified atom stereocenters. The van der Waals surface area contributed by atoms with Crippen LogP contribution in [0.1, 0.15) is 28.7 Å². The molecule has 1 aliphatic carbocycles. The van der Waals surface area contributed by atoms with Gasteiger partial charge in [-0.3, -0.25) is 4.79 Å². The molecule has 4 rings (SSSR count). The molecule has 1 fully saturated rings. The zero-order chi connectivity index (χ0) is 19.9. The van der Waals surface area contributed by atoms with Gasteiger partial charge < -0.3 is 5.32 Å². The number of aryl methyl sites for hydroxylation is 2. The van der Waals surface area contributed by atoms with Gasteiger partial charge in [0.25, 0.3) is 0 Å². The average molecular weight is 410 g/mol. The summed E-state index contributed by atoms with van der Waals surface area (Å²) in [6.45, 7) is 4.15. The molecule has 4 heteroatoms. The first-order chi connectivity index (χ1) is 13.4. The summed E-state index contributed by atoms with van der Waals surface area (Å²) in [6, 6.07) is 22.1. The second-order valence-corrected chi connectivity index (χ2v) is 8.39. The highest BCUT2D eigenvalue weighted by molar-refractivity contribution is 6.42. The number of amides is 1. The molecule has 0 heterocycles. The van der Waals surface area contributed by atoms with Crippen LogP contribution < -0.4 is 5.32 Å². The van der Waals surface area contributed by atoms with Crippen molar-refractivity contribution in [3.8, 4) is 0 Å². The molecular formula is C24H21Cl2NO. The molecule has 28 heavy (non-hydrogen) atoms. The zero-order valence-electron chi connectivity index (χ0n) is 15.8. The van der Waals surface area contributed by atoms with E-state index in [-0.39, 0.29) is 17.2 Å². The molecule has 1 atom stereocenters. The maximum absolute atomic E-state index is 13.1. The number of carbonyl (C=O) groups is 1. The van der Waals surface area contributed by atoms with E-state index >= 15 is 0 Å². The minimum atomic E-state index is -0.290. The minimum Gasteiger partial charge on any atom is -0.326 e. The Kier molecular flexibility index (Phi) is 4.95. The Morgan fingerprint density at radius 2 is 1.39 bits per heavy atom. The van der Waals surface area contributed by atoms with Gasteiger partial charge in [0.1, 0.15) is 0 Å². The summed E-state index contributed by atoms with van der Waals surface area (Å²) in [5.74, 6) is -0.132. The largest absolute Gasteiger partial charge is 0.326 e. The lowest BCUT2D eigenvalue weighted by Gasteiger charge is -2.19. The van der Waals surface area contributed by atoms with Crippen molar-refractivity contribution in [3.05, 3.63) is 99.0 Å². The summed E-state index contributed by atoms with van der Waals surface area (Å²) in [5.41, 5.74) is 5.14. The van der Waals surface area contributed by atoms with Crippen molar-refractivity contribution in [2.24, 2.45) is 5.92 Å². The molecule has 0 saturated heterocycles. The Morgan fingerprint density at radius 1 is 0.857 bits per heavy atom. The molecule has 3 aromatic carbocycles. The molecule has 1 saturated carbocycles. The monoisotopic (exact) mass is 409 g/mol. The van der Waals surface area contributed by atoms with E-state index in [1.54, 1.807) is 18.2 Å². The Labute approximate surface area is 175 Å². The molecule has 0 aromatic heterocycles. The Bertz CT molecular complexity index is 980. The van der Waals surface area contributed by atoms with E-state index in [1.165, 1.54) is 22.3 Å². The van der Waals surface area contributed by atoms with Crippen LogP contribution in [0, 0.1) is 19.8 Å². The summed E-state index contributed by atoms with van der Waals surface area (Å²) < 4.78 is 0. The number of halogens is 2. The van der Waals surface area contributed by atoms with Crippen LogP contribution in [0.2, 0.25) is 10.0 Å². The smallest absolute Gasteiger partial charge is 0.228 e. The van der Waals surface area contributed by atoms with Crippen molar-refractivity contribution < 1.29 is 4.79 Å².